The molecule has 0 atom stereocenters. The summed E-state index contributed by atoms with van der Waals surface area (Å²) in [6, 6.07) is 12.3. The van der Waals surface area contributed by atoms with Crippen molar-refractivity contribution in [1.82, 2.24) is 4.98 Å². The molecule has 4 N–H and O–H groups in total. The molecule has 156 valence electrons. The number of carbonyl (C=O) groups is 1. The van der Waals surface area contributed by atoms with E-state index in [0.29, 0.717) is 40.0 Å². The molecular formula is C22H24N4O4. The van der Waals surface area contributed by atoms with Crippen molar-refractivity contribution in [3.63, 3.8) is 0 Å². The molecule has 0 fully saturated rings. The number of nitrogens with one attached hydrogen (secondary N) is 2. The number of hydrogen-bond acceptors (Lipinski definition) is 7. The minimum Gasteiger partial charge on any atom is -0.493 e. The maximum absolute atomic E-state index is 12.6. The monoisotopic (exact) mass is 408 g/mol. The molecule has 1 aromatic heterocycles. The summed E-state index contributed by atoms with van der Waals surface area (Å²) in [5.41, 5.74) is 9.70. The van der Waals surface area contributed by atoms with E-state index in [0.717, 1.165) is 5.56 Å². The smallest absolute Gasteiger partial charge is 0.274 e. The van der Waals surface area contributed by atoms with Gasteiger partial charge < -0.3 is 30.6 Å². The van der Waals surface area contributed by atoms with Crippen LogP contribution >= 0.6 is 0 Å². The van der Waals surface area contributed by atoms with Gasteiger partial charge in [0.2, 0.25) is 5.75 Å². The van der Waals surface area contributed by atoms with Crippen LogP contribution < -0.4 is 30.6 Å². The van der Waals surface area contributed by atoms with Crippen LogP contribution in [0.1, 0.15) is 16.1 Å². The lowest BCUT2D eigenvalue weighted by Crippen LogP contribution is -2.14. The Balaban J connectivity index is 1.81. The number of anilines is 4. The van der Waals surface area contributed by atoms with E-state index in [1.807, 2.05) is 13.0 Å². The van der Waals surface area contributed by atoms with Crippen LogP contribution in [0.4, 0.5) is 22.7 Å². The molecule has 1 heterocycles. The van der Waals surface area contributed by atoms with Gasteiger partial charge in [-0.25, -0.2) is 0 Å². The molecule has 0 unspecified atom stereocenters. The third-order valence-corrected chi connectivity index (χ3v) is 4.48. The minimum absolute atomic E-state index is 0.256. The predicted molar refractivity (Wildman–Crippen MR) is 117 cm³/mol. The Labute approximate surface area is 175 Å². The van der Waals surface area contributed by atoms with E-state index in [4.69, 9.17) is 19.9 Å². The lowest BCUT2D eigenvalue weighted by molar-refractivity contribution is 0.102. The molecule has 0 aliphatic rings. The number of amides is 1. The highest BCUT2D eigenvalue weighted by Gasteiger charge is 2.14. The summed E-state index contributed by atoms with van der Waals surface area (Å²) < 4.78 is 16.1. The molecule has 8 heteroatoms. The van der Waals surface area contributed by atoms with Crippen LogP contribution in [-0.2, 0) is 0 Å². The van der Waals surface area contributed by atoms with Crippen molar-refractivity contribution in [3.8, 4) is 17.2 Å². The van der Waals surface area contributed by atoms with Gasteiger partial charge in [-0.1, -0.05) is 6.07 Å². The predicted octanol–water partition coefficient (Wildman–Crippen LogP) is 3.99. The summed E-state index contributed by atoms with van der Waals surface area (Å²) >= 11 is 0. The average molecular weight is 408 g/mol. The lowest BCUT2D eigenvalue weighted by Gasteiger charge is -2.15. The zero-order valence-corrected chi connectivity index (χ0v) is 17.3. The third kappa shape index (κ3) is 4.54. The Kier molecular flexibility index (Phi) is 6.26. The number of nitrogens with two attached hydrogens (primary N) is 1. The second-order valence-electron chi connectivity index (χ2n) is 6.49. The van der Waals surface area contributed by atoms with Crippen LogP contribution in [0.15, 0.2) is 48.7 Å². The molecule has 2 aromatic carbocycles. The fourth-order valence-corrected chi connectivity index (χ4v) is 2.87. The third-order valence-electron chi connectivity index (χ3n) is 4.48. The number of aryl methyl sites for hydroxylation is 1. The number of ether oxygens (including phenoxy) is 3. The van der Waals surface area contributed by atoms with Gasteiger partial charge in [-0.3, -0.25) is 9.78 Å². The number of hydrogen-bond donors (Lipinski definition) is 3. The number of carbonyl (C=O) groups excluding carboxylic acids is 1. The number of pyridine rings is 1. The van der Waals surface area contributed by atoms with Gasteiger partial charge in [-0.05, 0) is 36.8 Å². The quantitative estimate of drug-likeness (QED) is 0.507. The maximum Gasteiger partial charge on any atom is 0.274 e. The van der Waals surface area contributed by atoms with E-state index in [1.165, 1.54) is 0 Å². The second-order valence-corrected chi connectivity index (χ2v) is 6.49. The number of benzene rings is 2. The summed E-state index contributed by atoms with van der Waals surface area (Å²) in [5, 5.41) is 6.03. The van der Waals surface area contributed by atoms with Gasteiger partial charge in [0.1, 0.15) is 5.69 Å². The van der Waals surface area contributed by atoms with Gasteiger partial charge in [-0.15, -0.1) is 0 Å². The van der Waals surface area contributed by atoms with Crippen LogP contribution in [0.3, 0.4) is 0 Å². The second kappa shape index (κ2) is 9.04. The summed E-state index contributed by atoms with van der Waals surface area (Å²) in [6.45, 7) is 1.90. The highest BCUT2D eigenvalue weighted by atomic mass is 16.5. The van der Waals surface area contributed by atoms with E-state index < -0.39 is 0 Å². The van der Waals surface area contributed by atoms with Crippen molar-refractivity contribution in [2.45, 2.75) is 6.92 Å². The lowest BCUT2D eigenvalue weighted by atomic mass is 10.2. The van der Waals surface area contributed by atoms with E-state index in [1.54, 1.807) is 63.9 Å². The molecule has 0 spiro atoms. The molecule has 0 saturated heterocycles. The van der Waals surface area contributed by atoms with E-state index >= 15 is 0 Å². The van der Waals surface area contributed by atoms with Crippen molar-refractivity contribution in [1.29, 1.82) is 0 Å². The number of nitrogens with zero attached hydrogens (tertiary/aromatic N) is 1. The number of methoxy groups -OCH3 is 3. The molecular weight excluding hydrogens is 384 g/mol. The van der Waals surface area contributed by atoms with Crippen molar-refractivity contribution < 1.29 is 19.0 Å². The van der Waals surface area contributed by atoms with Crippen molar-refractivity contribution in [3.05, 3.63) is 59.9 Å². The SMILES string of the molecule is COc1cc(Nc2ccnc(C(=O)Nc3ccc(C)c(N)c3)c2)cc(OC)c1OC. The Morgan fingerprint density at radius 2 is 1.60 bits per heavy atom. The molecule has 8 nitrogen and oxygen atoms in total. The van der Waals surface area contributed by atoms with Gasteiger partial charge in [-0.2, -0.15) is 0 Å². The molecule has 0 aliphatic carbocycles. The Hall–Kier alpha value is -3.94. The van der Waals surface area contributed by atoms with Crippen LogP contribution in [0, 0.1) is 6.92 Å². The molecule has 3 aromatic rings. The van der Waals surface area contributed by atoms with Gasteiger partial charge in [0.15, 0.2) is 11.5 Å². The molecule has 30 heavy (non-hydrogen) atoms. The first-order chi connectivity index (χ1) is 14.4. The molecule has 0 saturated carbocycles. The van der Waals surface area contributed by atoms with E-state index in [-0.39, 0.29) is 11.6 Å². The van der Waals surface area contributed by atoms with E-state index in [2.05, 4.69) is 15.6 Å². The molecule has 1 amide bonds. The fraction of sp³-hybridized carbons (Fsp3) is 0.182. The first-order valence-electron chi connectivity index (χ1n) is 9.15. The maximum atomic E-state index is 12.6. The summed E-state index contributed by atoms with van der Waals surface area (Å²) in [6.07, 6.45) is 1.55. The first kappa shape index (κ1) is 20.8. The molecule has 3 rings (SSSR count). The standard InChI is InChI=1S/C22H24N4O4/c1-13-5-6-14(9-17(13)23)26-22(27)18-10-15(7-8-24-18)25-16-11-19(28-2)21(30-4)20(12-16)29-3/h5-12H,23H2,1-4H3,(H,24,25)(H,26,27). The molecule has 0 radical (unpaired) electrons. The van der Waals surface area contributed by atoms with Crippen LogP contribution in [0.2, 0.25) is 0 Å². The van der Waals surface area contributed by atoms with Crippen molar-refractivity contribution in [2.24, 2.45) is 0 Å². The summed E-state index contributed by atoms with van der Waals surface area (Å²) in [4.78, 5) is 16.8. The van der Waals surface area contributed by atoms with Gasteiger partial charge >= 0.3 is 0 Å². The van der Waals surface area contributed by atoms with Crippen LogP contribution in [0.5, 0.6) is 17.2 Å². The van der Waals surface area contributed by atoms with Crippen LogP contribution in [0.25, 0.3) is 0 Å². The van der Waals surface area contributed by atoms with Crippen molar-refractivity contribution >= 4 is 28.7 Å². The molecule has 0 aliphatic heterocycles. The van der Waals surface area contributed by atoms with Gasteiger partial charge in [0.05, 0.1) is 21.3 Å². The number of rotatable bonds is 7. The van der Waals surface area contributed by atoms with Gasteiger partial charge in [0.25, 0.3) is 5.91 Å². The number of aromatic nitrogens is 1. The Bertz CT molecular complexity index is 1040. The zero-order valence-electron chi connectivity index (χ0n) is 17.3. The highest BCUT2D eigenvalue weighted by molar-refractivity contribution is 6.03. The first-order valence-corrected chi connectivity index (χ1v) is 9.15. The number of nitrogen functional groups attached to an aromatic ring is 1. The highest BCUT2D eigenvalue weighted by Crippen LogP contribution is 2.40. The normalized spacial score (nSPS) is 10.3. The Morgan fingerprint density at radius 3 is 2.20 bits per heavy atom. The minimum atomic E-state index is -0.341. The largest absolute Gasteiger partial charge is 0.493 e. The molecule has 0 bridgehead atoms. The van der Waals surface area contributed by atoms with Crippen molar-refractivity contribution in [2.75, 3.05) is 37.7 Å². The topological polar surface area (TPSA) is 108 Å². The average Bonchev–Trinajstić information content (AvgIpc) is 2.75. The fourth-order valence-electron chi connectivity index (χ4n) is 2.87. The van der Waals surface area contributed by atoms with Gasteiger partial charge in [0, 0.05) is 41.1 Å². The van der Waals surface area contributed by atoms with Crippen LogP contribution in [-0.4, -0.2) is 32.2 Å². The van der Waals surface area contributed by atoms with E-state index in [9.17, 15) is 4.79 Å². The summed E-state index contributed by atoms with van der Waals surface area (Å²) in [7, 11) is 4.64. The zero-order chi connectivity index (χ0) is 21.7. The summed E-state index contributed by atoms with van der Waals surface area (Å²) in [5.74, 6) is 1.19. The Morgan fingerprint density at radius 1 is 0.900 bits per heavy atom.